The predicted octanol–water partition coefficient (Wildman–Crippen LogP) is 7.20. The number of nitriles is 1. The van der Waals surface area contributed by atoms with Crippen LogP contribution < -0.4 is 4.74 Å². The Bertz CT molecular complexity index is 916. The molecular formula is C24H23F4NO. The molecule has 1 aliphatic rings. The molecule has 0 N–H and O–H groups in total. The van der Waals surface area contributed by atoms with Crippen molar-refractivity contribution in [3.05, 3.63) is 76.9 Å². The van der Waals surface area contributed by atoms with Gasteiger partial charge >= 0.3 is 6.11 Å². The van der Waals surface area contributed by atoms with Gasteiger partial charge < -0.3 is 4.74 Å². The van der Waals surface area contributed by atoms with Gasteiger partial charge in [-0.1, -0.05) is 24.3 Å². The summed E-state index contributed by atoms with van der Waals surface area (Å²) in [6.07, 6.45) is 5.85. The molecule has 30 heavy (non-hydrogen) atoms. The van der Waals surface area contributed by atoms with Crippen LogP contribution in [0.5, 0.6) is 5.75 Å². The Morgan fingerprint density at radius 2 is 1.67 bits per heavy atom. The summed E-state index contributed by atoms with van der Waals surface area (Å²) in [5, 5.41) is 8.66. The third kappa shape index (κ3) is 5.02. The van der Waals surface area contributed by atoms with Crippen molar-refractivity contribution in [3.8, 4) is 11.8 Å². The fraction of sp³-hybridized carbons (Fsp3) is 0.375. The molecule has 1 saturated carbocycles. The van der Waals surface area contributed by atoms with Crippen molar-refractivity contribution in [1.82, 2.24) is 0 Å². The summed E-state index contributed by atoms with van der Waals surface area (Å²) >= 11 is 0. The average molecular weight is 417 g/mol. The number of hydrogen-bond donors (Lipinski definition) is 0. The van der Waals surface area contributed by atoms with Gasteiger partial charge in [-0.05, 0) is 68.6 Å². The van der Waals surface area contributed by atoms with Gasteiger partial charge in [0.15, 0.2) is 0 Å². The van der Waals surface area contributed by atoms with E-state index in [9.17, 15) is 17.6 Å². The van der Waals surface area contributed by atoms with E-state index in [1.165, 1.54) is 18.2 Å². The third-order valence-electron chi connectivity index (χ3n) is 5.64. The second-order valence-corrected chi connectivity index (χ2v) is 7.64. The second-order valence-electron chi connectivity index (χ2n) is 7.64. The summed E-state index contributed by atoms with van der Waals surface area (Å²) in [6, 6.07) is 8.42. The number of ether oxygens (including phenoxy) is 1. The minimum Gasteiger partial charge on any atom is -0.429 e. The van der Waals surface area contributed by atoms with Crippen LogP contribution in [0.15, 0.2) is 48.6 Å². The Labute approximate surface area is 173 Å². The molecule has 1 fully saturated rings. The monoisotopic (exact) mass is 417 g/mol. The minimum absolute atomic E-state index is 0.345. The first-order valence-corrected chi connectivity index (χ1v) is 10.0. The lowest BCUT2D eigenvalue weighted by Gasteiger charge is -2.28. The van der Waals surface area contributed by atoms with Gasteiger partial charge in [0.1, 0.15) is 29.0 Å². The van der Waals surface area contributed by atoms with Crippen LogP contribution in [0.25, 0.3) is 0 Å². The van der Waals surface area contributed by atoms with Gasteiger partial charge in [-0.25, -0.2) is 8.78 Å². The van der Waals surface area contributed by atoms with Crippen molar-refractivity contribution in [2.24, 2.45) is 5.92 Å². The molecule has 6 heteroatoms. The van der Waals surface area contributed by atoms with Crippen molar-refractivity contribution in [3.63, 3.8) is 0 Å². The molecule has 158 valence electrons. The van der Waals surface area contributed by atoms with E-state index < -0.39 is 34.6 Å². The molecule has 2 aromatic carbocycles. The highest BCUT2D eigenvalue weighted by atomic mass is 19.3. The van der Waals surface area contributed by atoms with Crippen LogP contribution in [0.2, 0.25) is 0 Å². The number of alkyl halides is 2. The van der Waals surface area contributed by atoms with Gasteiger partial charge in [0.2, 0.25) is 0 Å². The van der Waals surface area contributed by atoms with Gasteiger partial charge in [-0.15, -0.1) is 0 Å². The number of halogens is 4. The first kappa shape index (κ1) is 21.9. The van der Waals surface area contributed by atoms with Crippen LogP contribution in [0, 0.1) is 28.9 Å². The van der Waals surface area contributed by atoms with E-state index >= 15 is 0 Å². The number of allylic oxidation sites excluding steroid dienone is 2. The highest BCUT2D eigenvalue weighted by molar-refractivity contribution is 5.38. The molecule has 0 aromatic heterocycles. The fourth-order valence-electron chi connectivity index (χ4n) is 3.93. The Balaban J connectivity index is 1.67. The quantitative estimate of drug-likeness (QED) is 0.368. The lowest BCUT2D eigenvalue weighted by molar-refractivity contribution is -0.185. The summed E-state index contributed by atoms with van der Waals surface area (Å²) in [6.45, 7) is 2.01. The molecule has 0 saturated heterocycles. The van der Waals surface area contributed by atoms with Gasteiger partial charge in [-0.3, -0.25) is 0 Å². The van der Waals surface area contributed by atoms with E-state index in [-0.39, 0.29) is 0 Å². The van der Waals surface area contributed by atoms with Gasteiger partial charge in [0.05, 0.1) is 5.56 Å². The van der Waals surface area contributed by atoms with Crippen molar-refractivity contribution < 1.29 is 22.3 Å². The molecule has 3 rings (SSSR count). The van der Waals surface area contributed by atoms with Crippen LogP contribution in [-0.4, -0.2) is 0 Å². The smallest absolute Gasteiger partial charge is 0.426 e. The maximum atomic E-state index is 14.5. The Kier molecular flexibility index (Phi) is 6.81. The lowest BCUT2D eigenvalue weighted by atomic mass is 9.77. The molecule has 0 bridgehead atoms. The Hall–Kier alpha value is -2.81. The average Bonchev–Trinajstić information content (AvgIpc) is 2.72. The van der Waals surface area contributed by atoms with Crippen molar-refractivity contribution in [2.75, 3.05) is 0 Å². The van der Waals surface area contributed by atoms with Crippen LogP contribution in [0.3, 0.4) is 0 Å². The fourth-order valence-corrected chi connectivity index (χ4v) is 3.93. The highest BCUT2D eigenvalue weighted by Gasteiger charge is 2.35. The number of benzene rings is 2. The van der Waals surface area contributed by atoms with Crippen molar-refractivity contribution >= 4 is 0 Å². The van der Waals surface area contributed by atoms with Crippen LogP contribution in [0.1, 0.15) is 61.6 Å². The third-order valence-corrected chi connectivity index (χ3v) is 5.64. The minimum atomic E-state index is -3.77. The zero-order chi connectivity index (χ0) is 21.7. The molecule has 0 aliphatic heterocycles. The van der Waals surface area contributed by atoms with E-state index in [1.54, 1.807) is 12.1 Å². The molecule has 2 nitrogen and oxygen atoms in total. The molecule has 0 radical (unpaired) electrons. The van der Waals surface area contributed by atoms with Crippen molar-refractivity contribution in [1.29, 1.82) is 5.26 Å². The molecule has 0 heterocycles. The largest absolute Gasteiger partial charge is 0.429 e. The summed E-state index contributed by atoms with van der Waals surface area (Å²) in [5.41, 5.74) is -0.233. The number of nitrogens with zero attached hydrogens (tertiary/aromatic N) is 1. The molecular weight excluding hydrogens is 394 g/mol. The first-order valence-electron chi connectivity index (χ1n) is 10.0. The standard InChI is InChI=1S/C24H23F4NO/c1-2-3-4-16-5-7-17(8-6-16)18-9-11-19(12-10-18)24(27,28)30-20-13-22(25)21(15-29)23(26)14-20/h2-3,9-14,16-17H,4-8H2,1H3/t16-,17-. The second kappa shape index (κ2) is 9.34. The zero-order valence-corrected chi connectivity index (χ0v) is 16.7. The van der Waals surface area contributed by atoms with Crippen LogP contribution in [0.4, 0.5) is 17.6 Å². The van der Waals surface area contributed by atoms with E-state index in [0.717, 1.165) is 37.7 Å². The zero-order valence-electron chi connectivity index (χ0n) is 16.7. The molecule has 0 spiro atoms. The lowest BCUT2D eigenvalue weighted by Crippen LogP contribution is -2.22. The summed E-state index contributed by atoms with van der Waals surface area (Å²) in [4.78, 5) is 0. The topological polar surface area (TPSA) is 33.0 Å². The molecule has 0 unspecified atom stereocenters. The summed E-state index contributed by atoms with van der Waals surface area (Å²) < 4.78 is 60.8. The van der Waals surface area contributed by atoms with Crippen LogP contribution in [-0.2, 0) is 6.11 Å². The van der Waals surface area contributed by atoms with Crippen LogP contribution >= 0.6 is 0 Å². The van der Waals surface area contributed by atoms with Gasteiger partial charge in [0, 0.05) is 12.1 Å². The van der Waals surface area contributed by atoms with E-state index in [0.29, 0.717) is 24.0 Å². The van der Waals surface area contributed by atoms with E-state index in [4.69, 9.17) is 5.26 Å². The Morgan fingerprint density at radius 3 is 2.20 bits per heavy atom. The first-order chi connectivity index (χ1) is 14.3. The SMILES string of the molecule is CC=CC[C@H]1CC[C@H](c2ccc(C(F)(F)Oc3cc(F)c(C#N)c(F)c3)cc2)CC1. The maximum Gasteiger partial charge on any atom is 0.426 e. The highest BCUT2D eigenvalue weighted by Crippen LogP contribution is 2.39. The normalized spacial score (nSPS) is 19.6. The molecule has 1 aliphatic carbocycles. The maximum absolute atomic E-state index is 14.5. The molecule has 2 aromatic rings. The predicted molar refractivity (Wildman–Crippen MR) is 106 cm³/mol. The summed E-state index contributed by atoms with van der Waals surface area (Å²) in [7, 11) is 0. The molecule has 0 atom stereocenters. The van der Waals surface area contributed by atoms with Crippen molar-refractivity contribution in [2.45, 2.75) is 51.1 Å². The number of hydrogen-bond acceptors (Lipinski definition) is 2. The number of rotatable bonds is 6. The molecule has 0 amide bonds. The Morgan fingerprint density at radius 1 is 1.07 bits per heavy atom. The van der Waals surface area contributed by atoms with E-state index in [2.05, 4.69) is 16.9 Å². The van der Waals surface area contributed by atoms with E-state index in [1.807, 2.05) is 6.92 Å². The summed E-state index contributed by atoms with van der Waals surface area (Å²) in [5.74, 6) is -2.15. The van der Waals surface area contributed by atoms with Gasteiger partial charge in [-0.2, -0.15) is 14.0 Å². The van der Waals surface area contributed by atoms with Gasteiger partial charge in [0.25, 0.3) is 0 Å².